The first-order valence-electron chi connectivity index (χ1n) is 6.81. The Bertz CT molecular complexity index is 851. The van der Waals surface area contributed by atoms with Crippen molar-refractivity contribution in [3.05, 3.63) is 58.3 Å². The molecule has 1 aromatic carbocycles. The normalized spacial score (nSPS) is 10.8. The van der Waals surface area contributed by atoms with Gasteiger partial charge in [-0.05, 0) is 25.1 Å². The molecule has 0 saturated heterocycles. The highest BCUT2D eigenvalue weighted by molar-refractivity contribution is 7.99. The Hall–Kier alpha value is -1.69. The van der Waals surface area contributed by atoms with Gasteiger partial charge in [0.15, 0.2) is 0 Å². The first-order valence-corrected chi connectivity index (χ1v) is 8.38. The van der Waals surface area contributed by atoms with Crippen molar-refractivity contribution in [2.75, 3.05) is 0 Å². The maximum Gasteiger partial charge on any atom is 0.234 e. The summed E-state index contributed by atoms with van der Waals surface area (Å²) < 4.78 is 7.57. The van der Waals surface area contributed by atoms with Crippen molar-refractivity contribution in [1.29, 1.82) is 0 Å². The van der Waals surface area contributed by atoms with E-state index in [1.807, 2.05) is 38.2 Å². The van der Waals surface area contributed by atoms with Gasteiger partial charge in [0.05, 0.1) is 15.6 Å². The largest absolute Gasteiger partial charge is 0.420 e. The molecule has 0 amide bonds. The van der Waals surface area contributed by atoms with E-state index in [-0.39, 0.29) is 0 Å². The third-order valence-electron chi connectivity index (χ3n) is 3.06. The predicted octanol–water partition coefficient (Wildman–Crippen LogP) is 5.37. The Balaban J connectivity index is 1.96. The van der Waals surface area contributed by atoms with E-state index < -0.39 is 0 Å². The lowest BCUT2D eigenvalue weighted by atomic mass is 10.4. The second kappa shape index (κ2) is 6.83. The number of pyridine rings is 1. The molecule has 3 aromatic rings. The molecule has 2 aromatic heterocycles. The van der Waals surface area contributed by atoms with E-state index in [0.29, 0.717) is 21.9 Å². The van der Waals surface area contributed by atoms with Gasteiger partial charge in [-0.1, -0.05) is 53.2 Å². The van der Waals surface area contributed by atoms with Crippen molar-refractivity contribution in [2.24, 2.45) is 7.05 Å². The summed E-state index contributed by atoms with van der Waals surface area (Å²) in [7, 11) is 1.82. The van der Waals surface area contributed by atoms with Gasteiger partial charge in [-0.2, -0.15) is 5.10 Å². The quantitative estimate of drug-likeness (QED) is 0.582. The SMILES string of the molecule is Cc1nn(C)c(Oc2cccc(Cl)n2)c1Sc1ccccc1Cl. The summed E-state index contributed by atoms with van der Waals surface area (Å²) >= 11 is 13.7. The number of hydrogen-bond donors (Lipinski definition) is 0. The molecule has 0 N–H and O–H groups in total. The van der Waals surface area contributed by atoms with Gasteiger partial charge >= 0.3 is 0 Å². The van der Waals surface area contributed by atoms with Crippen molar-refractivity contribution in [1.82, 2.24) is 14.8 Å². The molecule has 3 rings (SSSR count). The molecule has 23 heavy (non-hydrogen) atoms. The molecule has 7 heteroatoms. The fourth-order valence-electron chi connectivity index (χ4n) is 2.03. The molecule has 0 unspecified atom stereocenters. The maximum absolute atomic E-state index is 6.25. The van der Waals surface area contributed by atoms with E-state index in [9.17, 15) is 0 Å². The molecule has 0 radical (unpaired) electrons. The average Bonchev–Trinajstić information content (AvgIpc) is 2.76. The summed E-state index contributed by atoms with van der Waals surface area (Å²) in [5, 5.41) is 5.49. The van der Waals surface area contributed by atoms with E-state index in [4.69, 9.17) is 27.9 Å². The summed E-state index contributed by atoms with van der Waals surface area (Å²) in [5.74, 6) is 1.02. The Morgan fingerprint density at radius 1 is 1.09 bits per heavy atom. The number of rotatable bonds is 4. The summed E-state index contributed by atoms with van der Waals surface area (Å²) in [6.07, 6.45) is 0. The van der Waals surface area contributed by atoms with Crippen molar-refractivity contribution >= 4 is 35.0 Å². The van der Waals surface area contributed by atoms with Gasteiger partial charge < -0.3 is 4.74 Å². The smallest absolute Gasteiger partial charge is 0.234 e. The number of hydrogen-bond acceptors (Lipinski definition) is 4. The molecule has 2 heterocycles. The minimum atomic E-state index is 0.377. The Labute approximate surface area is 148 Å². The van der Waals surface area contributed by atoms with Gasteiger partial charge in [-0.3, -0.25) is 0 Å². The average molecular weight is 366 g/mol. The first kappa shape index (κ1) is 16.2. The highest BCUT2D eigenvalue weighted by Crippen LogP contribution is 2.41. The number of ether oxygens (including phenoxy) is 1. The minimum absolute atomic E-state index is 0.377. The lowest BCUT2D eigenvalue weighted by Gasteiger charge is -2.08. The van der Waals surface area contributed by atoms with Crippen LogP contribution in [0.25, 0.3) is 0 Å². The van der Waals surface area contributed by atoms with E-state index in [2.05, 4.69) is 10.1 Å². The van der Waals surface area contributed by atoms with Crippen molar-refractivity contribution in [2.45, 2.75) is 16.7 Å². The molecule has 118 valence electrons. The van der Waals surface area contributed by atoms with E-state index in [1.165, 1.54) is 11.8 Å². The Kier molecular flexibility index (Phi) is 4.80. The van der Waals surface area contributed by atoms with Crippen molar-refractivity contribution < 1.29 is 4.74 Å². The van der Waals surface area contributed by atoms with Crippen LogP contribution in [0.1, 0.15) is 5.69 Å². The molecule has 0 spiro atoms. The molecular formula is C16H13Cl2N3OS. The van der Waals surface area contributed by atoms with Crippen LogP contribution in [-0.2, 0) is 7.05 Å². The summed E-state index contributed by atoms with van der Waals surface area (Å²) in [5.41, 5.74) is 0.856. The van der Waals surface area contributed by atoms with Crippen LogP contribution in [0, 0.1) is 6.92 Å². The summed E-state index contributed by atoms with van der Waals surface area (Å²) in [6, 6.07) is 12.9. The second-order valence-electron chi connectivity index (χ2n) is 4.78. The topological polar surface area (TPSA) is 39.9 Å². The van der Waals surface area contributed by atoms with Crippen LogP contribution in [0.4, 0.5) is 0 Å². The zero-order valence-corrected chi connectivity index (χ0v) is 14.8. The molecular weight excluding hydrogens is 353 g/mol. The Morgan fingerprint density at radius 3 is 2.61 bits per heavy atom. The van der Waals surface area contributed by atoms with Crippen LogP contribution in [0.5, 0.6) is 11.8 Å². The molecule has 0 saturated carbocycles. The molecule has 0 aliphatic heterocycles. The van der Waals surface area contributed by atoms with E-state index >= 15 is 0 Å². The standard InChI is InChI=1S/C16H13Cl2N3OS/c1-10-15(23-12-7-4-3-6-11(12)17)16(21(2)20-10)22-14-9-5-8-13(18)19-14/h3-9H,1-2H3. The summed E-state index contributed by atoms with van der Waals surface area (Å²) in [4.78, 5) is 5.98. The minimum Gasteiger partial charge on any atom is -0.420 e. The highest BCUT2D eigenvalue weighted by atomic mass is 35.5. The third-order valence-corrected chi connectivity index (χ3v) is 4.96. The van der Waals surface area contributed by atoms with Crippen LogP contribution < -0.4 is 4.74 Å². The number of benzene rings is 1. The van der Waals surface area contributed by atoms with E-state index in [1.54, 1.807) is 22.9 Å². The molecule has 0 aliphatic carbocycles. The molecule has 0 bridgehead atoms. The van der Waals surface area contributed by atoms with Crippen LogP contribution >= 0.6 is 35.0 Å². The lowest BCUT2D eigenvalue weighted by Crippen LogP contribution is -1.97. The van der Waals surface area contributed by atoms with Crippen LogP contribution in [0.15, 0.2) is 52.3 Å². The fourth-order valence-corrected chi connectivity index (χ4v) is 3.42. The number of aromatic nitrogens is 3. The fraction of sp³-hybridized carbons (Fsp3) is 0.125. The number of nitrogens with zero attached hydrogens (tertiary/aromatic N) is 3. The first-order chi connectivity index (χ1) is 11.0. The zero-order chi connectivity index (χ0) is 16.4. The van der Waals surface area contributed by atoms with Gasteiger partial charge in [0.1, 0.15) is 5.15 Å². The van der Waals surface area contributed by atoms with Gasteiger partial charge in [0, 0.05) is 18.0 Å². The molecule has 0 aliphatic rings. The van der Waals surface area contributed by atoms with Crippen molar-refractivity contribution in [3.8, 4) is 11.8 Å². The molecule has 0 fully saturated rings. The van der Waals surface area contributed by atoms with Gasteiger partial charge in [0.2, 0.25) is 11.8 Å². The van der Waals surface area contributed by atoms with Crippen LogP contribution in [-0.4, -0.2) is 14.8 Å². The van der Waals surface area contributed by atoms with Crippen LogP contribution in [0.2, 0.25) is 10.2 Å². The monoisotopic (exact) mass is 365 g/mol. The van der Waals surface area contributed by atoms with Crippen LogP contribution in [0.3, 0.4) is 0 Å². The van der Waals surface area contributed by atoms with Gasteiger partial charge in [-0.15, -0.1) is 0 Å². The predicted molar refractivity (Wildman–Crippen MR) is 92.8 cm³/mol. The van der Waals surface area contributed by atoms with Gasteiger partial charge in [-0.25, -0.2) is 9.67 Å². The highest BCUT2D eigenvalue weighted by Gasteiger charge is 2.18. The number of halogens is 2. The molecule has 0 atom stereocenters. The number of aryl methyl sites for hydroxylation is 2. The molecule has 4 nitrogen and oxygen atoms in total. The van der Waals surface area contributed by atoms with E-state index in [0.717, 1.165) is 15.5 Å². The van der Waals surface area contributed by atoms with Gasteiger partial charge in [0.25, 0.3) is 0 Å². The third kappa shape index (κ3) is 3.63. The zero-order valence-electron chi connectivity index (χ0n) is 12.5. The maximum atomic E-state index is 6.25. The lowest BCUT2D eigenvalue weighted by molar-refractivity contribution is 0.407. The second-order valence-corrected chi connectivity index (χ2v) is 6.62. The summed E-state index contributed by atoms with van der Waals surface area (Å²) in [6.45, 7) is 1.93. The van der Waals surface area contributed by atoms with Crippen molar-refractivity contribution in [3.63, 3.8) is 0 Å². The Morgan fingerprint density at radius 2 is 1.87 bits per heavy atom.